The summed E-state index contributed by atoms with van der Waals surface area (Å²) in [5.74, 6) is -0.224. The number of carbonyl (C=O) groups is 1. The van der Waals surface area contributed by atoms with Crippen LogP contribution in [0.25, 0.3) is 17.0 Å². The molecule has 0 atom stereocenters. The van der Waals surface area contributed by atoms with E-state index >= 15 is 0 Å². The minimum Gasteiger partial charge on any atom is -0.342 e. The number of thioether (sulfide) groups is 1. The highest BCUT2D eigenvalue weighted by Crippen LogP contribution is 2.30. The summed E-state index contributed by atoms with van der Waals surface area (Å²) in [5, 5.41) is 12.1. The number of carbonyl (C=O) groups excluding carboxylic acids is 1. The third-order valence-corrected chi connectivity index (χ3v) is 5.27. The van der Waals surface area contributed by atoms with Gasteiger partial charge in [0.2, 0.25) is 0 Å². The van der Waals surface area contributed by atoms with E-state index in [1.54, 1.807) is 0 Å². The highest BCUT2D eigenvalue weighted by atomic mass is 35.5. The molecule has 3 aromatic rings. The Bertz CT molecular complexity index is 1040. The second-order valence-corrected chi connectivity index (χ2v) is 7.17. The van der Waals surface area contributed by atoms with Crippen molar-refractivity contribution in [1.29, 1.82) is 5.41 Å². The smallest absolute Gasteiger partial charge is 0.264 e. The first-order valence-electron chi connectivity index (χ1n) is 7.72. The van der Waals surface area contributed by atoms with Gasteiger partial charge in [0.25, 0.3) is 5.91 Å². The SMILES string of the molecule is N=C1NC(=O)C(=Cc2cn(Cc3ccccc3Cl)c3ccccc23)S1. The average Bonchev–Trinajstić information content (AvgIpc) is 3.10. The van der Waals surface area contributed by atoms with E-state index in [0.717, 1.165) is 38.8 Å². The lowest BCUT2D eigenvalue weighted by Gasteiger charge is -2.07. The van der Waals surface area contributed by atoms with Crippen LogP contribution < -0.4 is 5.32 Å². The molecule has 1 saturated heterocycles. The molecule has 1 aromatic heterocycles. The predicted molar refractivity (Wildman–Crippen MR) is 104 cm³/mol. The van der Waals surface area contributed by atoms with Crippen LogP contribution in [0.3, 0.4) is 0 Å². The Labute approximate surface area is 154 Å². The zero-order valence-electron chi connectivity index (χ0n) is 13.1. The summed E-state index contributed by atoms with van der Waals surface area (Å²) in [6.07, 6.45) is 3.86. The molecule has 4 rings (SSSR count). The minimum atomic E-state index is -0.224. The van der Waals surface area contributed by atoms with Crippen molar-refractivity contribution in [3.63, 3.8) is 0 Å². The summed E-state index contributed by atoms with van der Waals surface area (Å²) in [6.45, 7) is 0.651. The first-order valence-corrected chi connectivity index (χ1v) is 8.92. The topological polar surface area (TPSA) is 57.9 Å². The average molecular weight is 368 g/mol. The molecule has 0 spiro atoms. The van der Waals surface area contributed by atoms with Gasteiger partial charge < -0.3 is 9.88 Å². The summed E-state index contributed by atoms with van der Waals surface area (Å²) >= 11 is 7.45. The van der Waals surface area contributed by atoms with Crippen LogP contribution >= 0.6 is 23.4 Å². The largest absolute Gasteiger partial charge is 0.342 e. The number of aromatic nitrogens is 1. The van der Waals surface area contributed by atoms with Gasteiger partial charge in [0.05, 0.1) is 4.91 Å². The van der Waals surface area contributed by atoms with Crippen LogP contribution in [0.4, 0.5) is 0 Å². The molecule has 124 valence electrons. The lowest BCUT2D eigenvalue weighted by molar-refractivity contribution is -0.115. The van der Waals surface area contributed by atoms with Crippen molar-refractivity contribution in [3.05, 3.63) is 75.8 Å². The monoisotopic (exact) mass is 367 g/mol. The molecule has 0 aliphatic carbocycles. The molecule has 1 aliphatic rings. The van der Waals surface area contributed by atoms with Crippen LogP contribution in [0.5, 0.6) is 0 Å². The fraction of sp³-hybridized carbons (Fsp3) is 0.0526. The fourth-order valence-electron chi connectivity index (χ4n) is 2.91. The summed E-state index contributed by atoms with van der Waals surface area (Å²) in [5.41, 5.74) is 3.07. The van der Waals surface area contributed by atoms with Gasteiger partial charge in [-0.2, -0.15) is 0 Å². The molecule has 0 radical (unpaired) electrons. The molecule has 6 heteroatoms. The number of benzene rings is 2. The number of hydrogen-bond donors (Lipinski definition) is 2. The van der Waals surface area contributed by atoms with Crippen molar-refractivity contribution in [2.24, 2.45) is 0 Å². The van der Waals surface area contributed by atoms with Crippen molar-refractivity contribution in [3.8, 4) is 0 Å². The van der Waals surface area contributed by atoms with Crippen molar-refractivity contribution in [2.45, 2.75) is 6.54 Å². The highest BCUT2D eigenvalue weighted by molar-refractivity contribution is 8.18. The molecule has 1 aliphatic heterocycles. The van der Waals surface area contributed by atoms with Gasteiger partial charge in [-0.15, -0.1) is 0 Å². The second kappa shape index (κ2) is 6.43. The number of fused-ring (bicyclic) bond motifs is 1. The van der Waals surface area contributed by atoms with Crippen molar-refractivity contribution >= 4 is 51.4 Å². The Morgan fingerprint density at radius 2 is 1.92 bits per heavy atom. The Morgan fingerprint density at radius 3 is 2.68 bits per heavy atom. The van der Waals surface area contributed by atoms with E-state index in [2.05, 4.69) is 16.0 Å². The van der Waals surface area contributed by atoms with Gasteiger partial charge in [-0.05, 0) is 35.5 Å². The molecule has 2 aromatic carbocycles. The molecule has 2 N–H and O–H groups in total. The standard InChI is InChI=1S/C19H14ClN3OS/c20-15-7-3-1-5-12(15)10-23-11-13(14-6-2-4-8-16(14)23)9-17-18(24)22-19(21)25-17/h1-9,11H,10H2,(H2,21,22,24). The Morgan fingerprint density at radius 1 is 1.16 bits per heavy atom. The van der Waals surface area contributed by atoms with E-state index in [1.807, 2.05) is 54.7 Å². The number of nitrogens with one attached hydrogen (secondary N) is 2. The summed E-state index contributed by atoms with van der Waals surface area (Å²) in [4.78, 5) is 12.4. The van der Waals surface area contributed by atoms with E-state index in [9.17, 15) is 4.79 Å². The molecule has 2 heterocycles. The minimum absolute atomic E-state index is 0.163. The maximum Gasteiger partial charge on any atom is 0.264 e. The number of hydrogen-bond acceptors (Lipinski definition) is 3. The van der Waals surface area contributed by atoms with Gasteiger partial charge >= 0.3 is 0 Å². The van der Waals surface area contributed by atoms with Crippen LogP contribution in [0.1, 0.15) is 11.1 Å². The van der Waals surface area contributed by atoms with Gasteiger partial charge in [0, 0.05) is 34.2 Å². The number of nitrogens with zero attached hydrogens (tertiary/aromatic N) is 1. The van der Waals surface area contributed by atoms with Gasteiger partial charge in [-0.25, -0.2) is 0 Å². The maximum absolute atomic E-state index is 11.9. The summed E-state index contributed by atoms with van der Waals surface area (Å²) in [7, 11) is 0. The van der Waals surface area contributed by atoms with E-state index in [1.165, 1.54) is 0 Å². The van der Waals surface area contributed by atoms with Crippen molar-refractivity contribution in [1.82, 2.24) is 9.88 Å². The first-order chi connectivity index (χ1) is 12.1. The molecular weight excluding hydrogens is 354 g/mol. The molecule has 25 heavy (non-hydrogen) atoms. The third kappa shape index (κ3) is 3.08. The van der Waals surface area contributed by atoms with Gasteiger partial charge in [-0.3, -0.25) is 10.2 Å². The van der Waals surface area contributed by atoms with Crippen LogP contribution in [-0.4, -0.2) is 15.6 Å². The molecule has 4 nitrogen and oxygen atoms in total. The number of para-hydroxylation sites is 1. The molecule has 0 saturated carbocycles. The molecule has 1 amide bonds. The number of rotatable bonds is 3. The molecular formula is C19H14ClN3OS. The zero-order valence-corrected chi connectivity index (χ0v) is 14.7. The first kappa shape index (κ1) is 16.0. The number of amidine groups is 1. The highest BCUT2D eigenvalue weighted by Gasteiger charge is 2.23. The lowest BCUT2D eigenvalue weighted by atomic mass is 10.1. The van der Waals surface area contributed by atoms with Gasteiger partial charge in [-0.1, -0.05) is 48.0 Å². The quantitative estimate of drug-likeness (QED) is 0.670. The second-order valence-electron chi connectivity index (χ2n) is 5.71. The van der Waals surface area contributed by atoms with Crippen molar-refractivity contribution < 1.29 is 4.79 Å². The molecule has 0 bridgehead atoms. The van der Waals surface area contributed by atoms with Crippen LogP contribution in [0.15, 0.2) is 59.6 Å². The summed E-state index contributed by atoms with van der Waals surface area (Å²) in [6, 6.07) is 15.9. The lowest BCUT2D eigenvalue weighted by Crippen LogP contribution is -2.18. The van der Waals surface area contributed by atoms with E-state index in [0.29, 0.717) is 11.4 Å². The van der Waals surface area contributed by atoms with E-state index < -0.39 is 0 Å². The van der Waals surface area contributed by atoms with Crippen LogP contribution in [0.2, 0.25) is 5.02 Å². The Balaban J connectivity index is 1.79. The Hall–Kier alpha value is -2.50. The number of amides is 1. The van der Waals surface area contributed by atoms with Crippen LogP contribution in [0, 0.1) is 5.41 Å². The van der Waals surface area contributed by atoms with Gasteiger partial charge in [0.15, 0.2) is 5.17 Å². The Kier molecular flexibility index (Phi) is 4.11. The fourth-order valence-corrected chi connectivity index (χ4v) is 3.80. The normalized spacial score (nSPS) is 16.0. The zero-order chi connectivity index (χ0) is 17.4. The van der Waals surface area contributed by atoms with Crippen molar-refractivity contribution in [2.75, 3.05) is 0 Å². The number of halogens is 1. The summed E-state index contributed by atoms with van der Waals surface area (Å²) < 4.78 is 2.13. The molecule has 1 fully saturated rings. The third-order valence-electron chi connectivity index (χ3n) is 4.07. The van der Waals surface area contributed by atoms with E-state index in [-0.39, 0.29) is 11.1 Å². The van der Waals surface area contributed by atoms with E-state index in [4.69, 9.17) is 17.0 Å². The van der Waals surface area contributed by atoms with Gasteiger partial charge in [0.1, 0.15) is 0 Å². The van der Waals surface area contributed by atoms with Crippen LogP contribution in [-0.2, 0) is 11.3 Å². The predicted octanol–water partition coefficient (Wildman–Crippen LogP) is 4.48. The molecule has 0 unspecified atom stereocenters. The maximum atomic E-state index is 11.9.